The molecule has 23 heavy (non-hydrogen) atoms. The number of rotatable bonds is 3. The molecule has 6 heteroatoms. The van der Waals surface area contributed by atoms with Gasteiger partial charge in [0.25, 0.3) is 0 Å². The van der Waals surface area contributed by atoms with Crippen molar-refractivity contribution >= 4 is 28.5 Å². The largest absolute Gasteiger partial charge is 0.352 e. The molecule has 5 nitrogen and oxygen atoms in total. The Morgan fingerprint density at radius 2 is 1.78 bits per heavy atom. The van der Waals surface area contributed by atoms with Gasteiger partial charge in [0.15, 0.2) is 0 Å². The minimum absolute atomic E-state index is 0.679. The summed E-state index contributed by atoms with van der Waals surface area (Å²) in [7, 11) is 0. The topological polar surface area (TPSA) is 55.1 Å². The Bertz CT molecular complexity index is 965. The van der Waals surface area contributed by atoms with Crippen molar-refractivity contribution in [3.63, 3.8) is 0 Å². The highest BCUT2D eigenvalue weighted by Crippen LogP contribution is 2.33. The molecule has 0 aliphatic rings. The minimum atomic E-state index is 0.679. The molecule has 3 aromatic heterocycles. The van der Waals surface area contributed by atoms with Gasteiger partial charge in [0.05, 0.1) is 11.2 Å². The summed E-state index contributed by atoms with van der Waals surface area (Å²) >= 11 is 6.08. The fourth-order valence-corrected chi connectivity index (χ4v) is 2.65. The van der Waals surface area contributed by atoms with Crippen molar-refractivity contribution in [3.05, 3.63) is 72.4 Å². The molecule has 3 heterocycles. The number of aromatic nitrogens is 4. The van der Waals surface area contributed by atoms with E-state index in [9.17, 15) is 0 Å². The molecule has 0 unspecified atom stereocenters. The molecule has 112 valence electrons. The van der Waals surface area contributed by atoms with Gasteiger partial charge in [-0.1, -0.05) is 17.7 Å². The van der Waals surface area contributed by atoms with E-state index in [-0.39, 0.29) is 0 Å². The fraction of sp³-hybridized carbons (Fsp3) is 0. The molecule has 0 saturated carbocycles. The Labute approximate surface area is 137 Å². The number of hydrogen-bond acceptors (Lipinski definition) is 4. The summed E-state index contributed by atoms with van der Waals surface area (Å²) in [4.78, 5) is 8.19. The van der Waals surface area contributed by atoms with Crippen LogP contribution in [0.4, 0.5) is 11.4 Å². The Morgan fingerprint density at radius 1 is 0.957 bits per heavy atom. The molecule has 0 amide bonds. The number of hydrogen-bond donors (Lipinski definition) is 1. The van der Waals surface area contributed by atoms with Crippen molar-refractivity contribution in [2.45, 2.75) is 0 Å². The van der Waals surface area contributed by atoms with Gasteiger partial charge in [-0.25, -0.2) is 9.50 Å². The zero-order valence-corrected chi connectivity index (χ0v) is 12.8. The number of benzene rings is 1. The first-order valence-electron chi connectivity index (χ1n) is 7.06. The molecule has 0 spiro atoms. The maximum atomic E-state index is 6.08. The van der Waals surface area contributed by atoms with Crippen molar-refractivity contribution < 1.29 is 0 Å². The molecule has 0 saturated heterocycles. The molecular weight excluding hydrogens is 310 g/mol. The lowest BCUT2D eigenvalue weighted by Gasteiger charge is -2.07. The monoisotopic (exact) mass is 321 g/mol. The van der Waals surface area contributed by atoms with E-state index >= 15 is 0 Å². The van der Waals surface area contributed by atoms with Crippen LogP contribution in [0.1, 0.15) is 0 Å². The van der Waals surface area contributed by atoms with E-state index in [4.69, 9.17) is 11.6 Å². The van der Waals surface area contributed by atoms with E-state index < -0.39 is 0 Å². The Morgan fingerprint density at radius 3 is 2.61 bits per heavy atom. The van der Waals surface area contributed by atoms with Crippen molar-refractivity contribution in [3.8, 4) is 11.3 Å². The van der Waals surface area contributed by atoms with E-state index in [0.717, 1.165) is 28.1 Å². The number of fused-ring (bicyclic) bond motifs is 1. The van der Waals surface area contributed by atoms with Gasteiger partial charge in [-0.3, -0.25) is 4.98 Å². The highest BCUT2D eigenvalue weighted by Gasteiger charge is 2.14. The number of halogens is 1. The molecule has 1 N–H and O–H groups in total. The van der Waals surface area contributed by atoms with Gasteiger partial charge in [0.2, 0.25) is 0 Å². The van der Waals surface area contributed by atoms with Gasteiger partial charge in [0.1, 0.15) is 12.0 Å². The third-order valence-corrected chi connectivity index (χ3v) is 3.72. The normalized spacial score (nSPS) is 10.8. The lowest BCUT2D eigenvalue weighted by Crippen LogP contribution is -1.92. The van der Waals surface area contributed by atoms with E-state index in [1.807, 2.05) is 42.5 Å². The predicted molar refractivity (Wildman–Crippen MR) is 91.0 cm³/mol. The second-order valence-corrected chi connectivity index (χ2v) is 5.44. The van der Waals surface area contributed by atoms with Gasteiger partial charge in [-0.15, -0.1) is 0 Å². The number of anilines is 2. The molecule has 0 atom stereocenters. The molecule has 4 rings (SSSR count). The average molecular weight is 322 g/mol. The van der Waals surface area contributed by atoms with Crippen LogP contribution in [0.3, 0.4) is 0 Å². The molecule has 0 bridgehead atoms. The summed E-state index contributed by atoms with van der Waals surface area (Å²) in [5.41, 5.74) is 4.56. The number of nitrogens with one attached hydrogen (secondary N) is 1. The third kappa shape index (κ3) is 2.62. The van der Waals surface area contributed by atoms with Crippen LogP contribution in [0.25, 0.3) is 16.8 Å². The third-order valence-electron chi connectivity index (χ3n) is 3.49. The van der Waals surface area contributed by atoms with Crippen LogP contribution in [-0.4, -0.2) is 19.6 Å². The summed E-state index contributed by atoms with van der Waals surface area (Å²) in [6.45, 7) is 0. The van der Waals surface area contributed by atoms with Gasteiger partial charge >= 0.3 is 0 Å². The zero-order chi connectivity index (χ0) is 15.6. The molecule has 0 radical (unpaired) electrons. The average Bonchev–Trinajstić information content (AvgIpc) is 2.95. The first-order valence-corrected chi connectivity index (χ1v) is 7.44. The molecule has 1 aromatic carbocycles. The fourth-order valence-electron chi connectivity index (χ4n) is 2.46. The first-order chi connectivity index (χ1) is 11.3. The summed E-state index contributed by atoms with van der Waals surface area (Å²) < 4.78 is 1.75. The van der Waals surface area contributed by atoms with E-state index in [1.54, 1.807) is 29.4 Å². The number of pyridine rings is 1. The van der Waals surface area contributed by atoms with Crippen LogP contribution in [0.5, 0.6) is 0 Å². The quantitative estimate of drug-likeness (QED) is 0.614. The molecule has 0 fully saturated rings. The maximum Gasteiger partial charge on any atom is 0.117 e. The summed E-state index contributed by atoms with van der Waals surface area (Å²) in [5, 5.41) is 8.73. The van der Waals surface area contributed by atoms with Crippen LogP contribution >= 0.6 is 11.6 Å². The van der Waals surface area contributed by atoms with Crippen LogP contribution in [0, 0.1) is 0 Å². The van der Waals surface area contributed by atoms with Crippen LogP contribution in [-0.2, 0) is 0 Å². The van der Waals surface area contributed by atoms with Crippen LogP contribution in [0.2, 0.25) is 5.02 Å². The molecule has 0 aliphatic heterocycles. The maximum absolute atomic E-state index is 6.08. The lowest BCUT2D eigenvalue weighted by atomic mass is 10.1. The summed E-state index contributed by atoms with van der Waals surface area (Å²) in [5.74, 6) is 0. The van der Waals surface area contributed by atoms with E-state index in [1.165, 1.54) is 0 Å². The first kappa shape index (κ1) is 13.7. The molecular formula is C17H12ClN5. The van der Waals surface area contributed by atoms with E-state index in [0.29, 0.717) is 5.02 Å². The van der Waals surface area contributed by atoms with Crippen LogP contribution < -0.4 is 5.32 Å². The number of nitrogens with zero attached hydrogens (tertiary/aromatic N) is 4. The van der Waals surface area contributed by atoms with Crippen molar-refractivity contribution in [2.24, 2.45) is 0 Å². The highest BCUT2D eigenvalue weighted by molar-refractivity contribution is 6.30. The van der Waals surface area contributed by atoms with Crippen LogP contribution in [0.15, 0.2) is 67.4 Å². The summed E-state index contributed by atoms with van der Waals surface area (Å²) in [6.07, 6.45) is 6.93. The van der Waals surface area contributed by atoms with Crippen molar-refractivity contribution in [1.29, 1.82) is 0 Å². The zero-order valence-electron chi connectivity index (χ0n) is 12.0. The molecule has 0 aliphatic carbocycles. The van der Waals surface area contributed by atoms with Crippen molar-refractivity contribution in [1.82, 2.24) is 19.6 Å². The van der Waals surface area contributed by atoms with Gasteiger partial charge in [-0.2, -0.15) is 5.10 Å². The highest BCUT2D eigenvalue weighted by atomic mass is 35.5. The second kappa shape index (κ2) is 5.70. The minimum Gasteiger partial charge on any atom is -0.352 e. The molecule has 4 aromatic rings. The second-order valence-electron chi connectivity index (χ2n) is 5.00. The SMILES string of the molecule is Clc1cccc(Nc2c(-c3ccncc3)nn3cnccc23)c1. The Kier molecular flexibility index (Phi) is 3.40. The predicted octanol–water partition coefficient (Wildman–Crippen LogP) is 4.19. The standard InChI is InChI=1S/C17H12ClN5/c18-13-2-1-3-14(10-13)21-17-15-6-9-20-11-23(15)22-16(17)12-4-7-19-8-5-12/h1-11,21H. The summed E-state index contributed by atoms with van der Waals surface area (Å²) in [6, 6.07) is 13.4. The smallest absolute Gasteiger partial charge is 0.117 e. The van der Waals surface area contributed by atoms with Crippen molar-refractivity contribution in [2.75, 3.05) is 5.32 Å². The van der Waals surface area contributed by atoms with E-state index in [2.05, 4.69) is 20.4 Å². The van der Waals surface area contributed by atoms with Gasteiger partial charge in [0, 0.05) is 34.9 Å². The van der Waals surface area contributed by atoms with Gasteiger partial charge in [-0.05, 0) is 36.4 Å². The Hall–Kier alpha value is -2.92. The van der Waals surface area contributed by atoms with Gasteiger partial charge < -0.3 is 5.32 Å². The Balaban J connectivity index is 1.89. The lowest BCUT2D eigenvalue weighted by molar-refractivity contribution is 0.925.